The van der Waals surface area contributed by atoms with Gasteiger partial charge < -0.3 is 24.8 Å². The number of nitrogens with zero attached hydrogens (tertiary/aromatic N) is 1. The van der Waals surface area contributed by atoms with Crippen LogP contribution in [0, 0.1) is 0 Å². The van der Waals surface area contributed by atoms with Crippen LogP contribution < -0.4 is 20.1 Å². The summed E-state index contributed by atoms with van der Waals surface area (Å²) in [5.41, 5.74) is 3.78. The van der Waals surface area contributed by atoms with Gasteiger partial charge in [0.1, 0.15) is 6.61 Å². The third-order valence-corrected chi connectivity index (χ3v) is 4.69. The van der Waals surface area contributed by atoms with Crippen molar-refractivity contribution in [3.63, 3.8) is 0 Å². The van der Waals surface area contributed by atoms with Crippen molar-refractivity contribution in [3.05, 3.63) is 41.4 Å². The van der Waals surface area contributed by atoms with Crippen molar-refractivity contribution in [3.8, 4) is 11.5 Å². The summed E-state index contributed by atoms with van der Waals surface area (Å²) in [6, 6.07) is 8.56. The lowest BCUT2D eigenvalue weighted by Gasteiger charge is -2.16. The van der Waals surface area contributed by atoms with Gasteiger partial charge in [-0.2, -0.15) is 0 Å². The molecule has 146 valence electrons. The fourth-order valence-electron chi connectivity index (χ4n) is 2.64. The van der Waals surface area contributed by atoms with E-state index in [0.717, 1.165) is 10.2 Å². The van der Waals surface area contributed by atoms with Crippen LogP contribution in [0.2, 0.25) is 0 Å². The zero-order valence-electron chi connectivity index (χ0n) is 15.6. The Morgan fingerprint density at radius 2 is 1.89 bits per heavy atom. The van der Waals surface area contributed by atoms with E-state index >= 15 is 0 Å². The third-order valence-electron chi connectivity index (χ3n) is 3.88. The van der Waals surface area contributed by atoms with Crippen molar-refractivity contribution in [1.29, 1.82) is 0 Å². The summed E-state index contributed by atoms with van der Waals surface area (Å²) >= 11 is 1.53. The number of rotatable bonds is 7. The van der Waals surface area contributed by atoms with Gasteiger partial charge in [0, 0.05) is 18.4 Å². The number of carbonyl (C=O) groups is 2. The Labute approximate surface area is 165 Å². The number of hydrogen-bond acceptors (Lipinski definition) is 7. The van der Waals surface area contributed by atoms with Gasteiger partial charge in [0.15, 0.2) is 11.5 Å². The highest BCUT2D eigenvalue weighted by molar-refractivity contribution is 7.16. The lowest BCUT2D eigenvalue weighted by molar-refractivity contribution is -0.119. The van der Waals surface area contributed by atoms with Gasteiger partial charge in [-0.3, -0.25) is 9.59 Å². The highest BCUT2D eigenvalue weighted by Gasteiger charge is 2.18. The molecule has 28 heavy (non-hydrogen) atoms. The first-order chi connectivity index (χ1) is 13.5. The van der Waals surface area contributed by atoms with E-state index in [4.69, 9.17) is 14.2 Å². The highest BCUT2D eigenvalue weighted by atomic mass is 32.1. The Bertz CT molecular complexity index is 1020. The van der Waals surface area contributed by atoms with Crippen molar-refractivity contribution < 1.29 is 23.8 Å². The summed E-state index contributed by atoms with van der Waals surface area (Å²) in [6.45, 7) is -0.129. The monoisotopic (exact) mass is 401 g/mol. The molecule has 0 atom stereocenters. The molecule has 0 aliphatic heterocycles. The Hall–Kier alpha value is -3.17. The van der Waals surface area contributed by atoms with Crippen LogP contribution in [-0.2, 0) is 9.53 Å². The molecule has 1 aromatic heterocycles. The van der Waals surface area contributed by atoms with Gasteiger partial charge in [0.05, 0.1) is 35.6 Å². The van der Waals surface area contributed by atoms with Crippen molar-refractivity contribution in [2.45, 2.75) is 0 Å². The van der Waals surface area contributed by atoms with Gasteiger partial charge >= 0.3 is 0 Å². The van der Waals surface area contributed by atoms with Gasteiger partial charge in [0.25, 0.3) is 5.91 Å². The standard InChI is InChI=1S/C19H19N3O5S/c1-25-9-17(23)22-14-6-11(7-15(26-2)18(14)27-3)19(24)21-12-4-5-16-13(8-12)20-10-28-16/h4-8,10H,9H2,1-3H3,(H,21,24)(H,22,23). The van der Waals surface area contributed by atoms with Crippen molar-refractivity contribution in [2.24, 2.45) is 0 Å². The second-order valence-electron chi connectivity index (χ2n) is 5.73. The summed E-state index contributed by atoms with van der Waals surface area (Å²) in [6.07, 6.45) is 0. The molecule has 0 fully saturated rings. The maximum Gasteiger partial charge on any atom is 0.255 e. The zero-order valence-corrected chi connectivity index (χ0v) is 16.4. The zero-order chi connectivity index (χ0) is 20.1. The van der Waals surface area contributed by atoms with E-state index in [0.29, 0.717) is 28.4 Å². The Morgan fingerprint density at radius 1 is 1.07 bits per heavy atom. The van der Waals surface area contributed by atoms with Crippen molar-refractivity contribution >= 4 is 44.7 Å². The van der Waals surface area contributed by atoms with E-state index in [-0.39, 0.29) is 18.4 Å². The van der Waals surface area contributed by atoms with Crippen LogP contribution in [0.5, 0.6) is 11.5 Å². The third kappa shape index (κ3) is 4.21. The van der Waals surface area contributed by atoms with Crippen molar-refractivity contribution in [1.82, 2.24) is 4.98 Å². The van der Waals surface area contributed by atoms with Crippen molar-refractivity contribution in [2.75, 3.05) is 38.6 Å². The van der Waals surface area contributed by atoms with Crippen LogP contribution in [-0.4, -0.2) is 44.7 Å². The number of ether oxygens (including phenoxy) is 3. The Morgan fingerprint density at radius 3 is 2.61 bits per heavy atom. The average molecular weight is 401 g/mol. The maximum absolute atomic E-state index is 12.8. The molecule has 2 aromatic carbocycles. The van der Waals surface area contributed by atoms with Gasteiger partial charge in [-0.15, -0.1) is 11.3 Å². The van der Waals surface area contributed by atoms with Crippen LogP contribution in [0.3, 0.4) is 0 Å². The molecule has 3 aromatic rings. The molecule has 2 amide bonds. The van der Waals surface area contributed by atoms with Crippen LogP contribution in [0.1, 0.15) is 10.4 Å². The van der Waals surface area contributed by atoms with E-state index in [1.807, 2.05) is 6.07 Å². The minimum Gasteiger partial charge on any atom is -0.493 e. The number of benzene rings is 2. The van der Waals surface area contributed by atoms with Crippen LogP contribution >= 0.6 is 11.3 Å². The summed E-state index contributed by atoms with van der Waals surface area (Å²) in [5.74, 6) is -0.114. The molecule has 8 nitrogen and oxygen atoms in total. The molecule has 0 aliphatic rings. The molecule has 9 heteroatoms. The quantitative estimate of drug-likeness (QED) is 0.631. The van der Waals surface area contributed by atoms with Gasteiger partial charge in [-0.1, -0.05) is 0 Å². The predicted octanol–water partition coefficient (Wildman–Crippen LogP) is 3.15. The summed E-state index contributed by atoms with van der Waals surface area (Å²) < 4.78 is 16.5. The first-order valence-corrected chi connectivity index (χ1v) is 9.13. The molecule has 3 rings (SSSR count). The number of thiazole rings is 1. The second kappa shape index (κ2) is 8.68. The highest BCUT2D eigenvalue weighted by Crippen LogP contribution is 2.37. The molecular formula is C19H19N3O5S. The normalized spacial score (nSPS) is 10.5. The molecule has 0 spiro atoms. The first kappa shape index (κ1) is 19.6. The average Bonchev–Trinajstić information content (AvgIpc) is 3.15. The maximum atomic E-state index is 12.8. The largest absolute Gasteiger partial charge is 0.493 e. The summed E-state index contributed by atoms with van der Waals surface area (Å²) in [4.78, 5) is 28.9. The number of methoxy groups -OCH3 is 3. The fourth-order valence-corrected chi connectivity index (χ4v) is 3.30. The van der Waals surface area contributed by atoms with Crippen LogP contribution in [0.25, 0.3) is 10.2 Å². The smallest absolute Gasteiger partial charge is 0.255 e. The summed E-state index contributed by atoms with van der Waals surface area (Å²) in [7, 11) is 4.32. The molecule has 0 radical (unpaired) electrons. The minimum atomic E-state index is -0.380. The second-order valence-corrected chi connectivity index (χ2v) is 6.62. The first-order valence-electron chi connectivity index (χ1n) is 8.25. The number of hydrogen-bond donors (Lipinski definition) is 2. The predicted molar refractivity (Wildman–Crippen MR) is 108 cm³/mol. The molecule has 0 aliphatic carbocycles. The van der Waals surface area contributed by atoms with E-state index < -0.39 is 0 Å². The van der Waals surface area contributed by atoms with E-state index in [1.54, 1.807) is 23.7 Å². The number of nitrogens with one attached hydrogen (secondary N) is 2. The number of fused-ring (bicyclic) bond motifs is 1. The molecule has 0 saturated carbocycles. The molecule has 0 unspecified atom stereocenters. The number of anilines is 2. The van der Waals surface area contributed by atoms with Gasteiger partial charge in [-0.25, -0.2) is 4.98 Å². The molecule has 2 N–H and O–H groups in total. The molecule has 0 saturated heterocycles. The van der Waals surface area contributed by atoms with Gasteiger partial charge in [0.2, 0.25) is 5.91 Å². The van der Waals surface area contributed by atoms with Crippen LogP contribution in [0.4, 0.5) is 11.4 Å². The number of aromatic nitrogens is 1. The Kier molecular flexibility index (Phi) is 6.07. The van der Waals surface area contributed by atoms with Gasteiger partial charge in [-0.05, 0) is 30.3 Å². The van der Waals surface area contributed by atoms with E-state index in [1.165, 1.54) is 38.7 Å². The lowest BCUT2D eigenvalue weighted by Crippen LogP contribution is -2.19. The number of amides is 2. The molecule has 1 heterocycles. The fraction of sp³-hybridized carbons (Fsp3) is 0.211. The minimum absolute atomic E-state index is 0.129. The summed E-state index contributed by atoms with van der Waals surface area (Å²) in [5, 5.41) is 5.49. The topological polar surface area (TPSA) is 98.8 Å². The van der Waals surface area contributed by atoms with E-state index in [9.17, 15) is 9.59 Å². The SMILES string of the molecule is COCC(=O)Nc1cc(C(=O)Nc2ccc3scnc3c2)cc(OC)c1OC. The van der Waals surface area contributed by atoms with Crippen LogP contribution in [0.15, 0.2) is 35.8 Å². The lowest BCUT2D eigenvalue weighted by atomic mass is 10.1. The molecule has 0 bridgehead atoms. The molecular weight excluding hydrogens is 382 g/mol. The van der Waals surface area contributed by atoms with E-state index in [2.05, 4.69) is 15.6 Å². The Balaban J connectivity index is 1.90. The number of carbonyl (C=O) groups excluding carboxylic acids is 2.